The monoisotopic (exact) mass is 395 g/mol. The summed E-state index contributed by atoms with van der Waals surface area (Å²) in [6, 6.07) is 8.49. The lowest BCUT2D eigenvalue weighted by Gasteiger charge is -2.36. The van der Waals surface area contributed by atoms with Crippen molar-refractivity contribution in [3.8, 4) is 17.2 Å². The summed E-state index contributed by atoms with van der Waals surface area (Å²) in [6.07, 6.45) is -4.13. The Bertz CT molecular complexity index is 865. The minimum absolute atomic E-state index is 0.220. The summed E-state index contributed by atoms with van der Waals surface area (Å²) in [5.41, 5.74) is 2.32. The van der Waals surface area contributed by atoms with Gasteiger partial charge in [0.2, 0.25) is 0 Å². The van der Waals surface area contributed by atoms with E-state index in [2.05, 4.69) is 4.74 Å². The number of hydrogen-bond acceptors (Lipinski definition) is 4. The zero-order valence-corrected chi connectivity index (χ0v) is 15.7. The van der Waals surface area contributed by atoms with Gasteiger partial charge in [0.1, 0.15) is 5.75 Å². The van der Waals surface area contributed by atoms with Crippen LogP contribution in [0.25, 0.3) is 0 Å². The molecule has 28 heavy (non-hydrogen) atoms. The first-order chi connectivity index (χ1) is 13.2. The fourth-order valence-electron chi connectivity index (χ4n) is 3.39. The highest BCUT2D eigenvalue weighted by Gasteiger charge is 2.32. The second-order valence-electron chi connectivity index (χ2n) is 6.40. The Morgan fingerprint density at radius 3 is 2.25 bits per heavy atom. The predicted molar refractivity (Wildman–Crippen MR) is 95.8 cm³/mol. The molecule has 0 radical (unpaired) electrons. The van der Waals surface area contributed by atoms with Crippen LogP contribution in [0, 0.1) is 0 Å². The zero-order valence-electron chi connectivity index (χ0n) is 15.7. The van der Waals surface area contributed by atoms with Crippen LogP contribution in [0.5, 0.6) is 17.2 Å². The van der Waals surface area contributed by atoms with Crippen molar-refractivity contribution in [2.45, 2.75) is 25.7 Å². The summed E-state index contributed by atoms with van der Waals surface area (Å²) in [5, 5.41) is 0. The Labute approximate surface area is 160 Å². The molecule has 3 rings (SSSR count). The zero-order chi connectivity index (χ0) is 20.5. The summed E-state index contributed by atoms with van der Waals surface area (Å²) in [5.74, 6) is 0.592. The molecule has 1 heterocycles. The van der Waals surface area contributed by atoms with Crippen LogP contribution in [0.3, 0.4) is 0 Å². The summed E-state index contributed by atoms with van der Waals surface area (Å²) >= 11 is 0. The van der Waals surface area contributed by atoms with Crippen LogP contribution < -0.4 is 14.2 Å². The number of carbonyl (C=O) groups excluding carboxylic acids is 1. The maximum atomic E-state index is 12.9. The molecule has 0 spiro atoms. The Morgan fingerprint density at radius 2 is 1.68 bits per heavy atom. The number of hydrogen-bond donors (Lipinski definition) is 0. The largest absolute Gasteiger partial charge is 0.573 e. The van der Waals surface area contributed by atoms with Gasteiger partial charge in [0.15, 0.2) is 11.5 Å². The normalized spacial score (nSPS) is 16.4. The average Bonchev–Trinajstić information content (AvgIpc) is 2.66. The number of amides is 1. The Kier molecular flexibility index (Phi) is 5.40. The predicted octanol–water partition coefficient (Wildman–Crippen LogP) is 4.36. The minimum Gasteiger partial charge on any atom is -0.493 e. The van der Waals surface area contributed by atoms with Crippen molar-refractivity contribution in [3.63, 3.8) is 0 Å². The van der Waals surface area contributed by atoms with Crippen LogP contribution in [0.1, 0.15) is 34.5 Å². The third-order valence-corrected chi connectivity index (χ3v) is 4.78. The molecule has 0 bridgehead atoms. The van der Waals surface area contributed by atoms with Gasteiger partial charge in [0, 0.05) is 12.1 Å². The van der Waals surface area contributed by atoms with Gasteiger partial charge in [-0.3, -0.25) is 4.79 Å². The molecule has 150 valence electrons. The number of rotatable bonds is 4. The first-order valence-corrected chi connectivity index (χ1v) is 8.65. The SMILES string of the molecule is COc1cc2c(cc1OC)C(C)N(C(=O)c1ccc(OC(F)(F)F)cc1)CC2. The maximum absolute atomic E-state index is 12.9. The smallest absolute Gasteiger partial charge is 0.493 e. The molecule has 1 aliphatic heterocycles. The number of halogens is 3. The molecule has 0 fully saturated rings. The maximum Gasteiger partial charge on any atom is 0.573 e. The molecule has 0 saturated carbocycles. The van der Waals surface area contributed by atoms with Crippen LogP contribution in [-0.2, 0) is 6.42 Å². The number of carbonyl (C=O) groups is 1. The van der Waals surface area contributed by atoms with Gasteiger partial charge in [0.05, 0.1) is 20.3 Å². The number of alkyl halides is 3. The number of fused-ring (bicyclic) bond motifs is 1. The van der Waals surface area contributed by atoms with E-state index in [4.69, 9.17) is 9.47 Å². The molecule has 0 aliphatic carbocycles. The molecule has 1 unspecified atom stereocenters. The van der Waals surface area contributed by atoms with E-state index in [0.717, 1.165) is 23.3 Å². The summed E-state index contributed by atoms with van der Waals surface area (Å²) in [6.45, 7) is 2.40. The van der Waals surface area contributed by atoms with Crippen molar-refractivity contribution in [3.05, 3.63) is 53.1 Å². The van der Waals surface area contributed by atoms with Gasteiger partial charge < -0.3 is 19.1 Å². The third-order valence-electron chi connectivity index (χ3n) is 4.78. The molecule has 2 aromatic carbocycles. The van der Waals surface area contributed by atoms with E-state index in [1.165, 1.54) is 12.1 Å². The lowest BCUT2D eigenvalue weighted by atomic mass is 9.92. The molecule has 0 saturated heterocycles. The summed E-state index contributed by atoms with van der Waals surface area (Å²) in [4.78, 5) is 14.6. The van der Waals surface area contributed by atoms with Crippen molar-refractivity contribution < 1.29 is 32.2 Å². The molecule has 8 heteroatoms. The average molecular weight is 395 g/mol. The number of benzene rings is 2. The first-order valence-electron chi connectivity index (χ1n) is 8.65. The second kappa shape index (κ2) is 7.61. The highest BCUT2D eigenvalue weighted by molar-refractivity contribution is 5.94. The highest BCUT2D eigenvalue weighted by Crippen LogP contribution is 2.38. The van der Waals surface area contributed by atoms with E-state index in [0.29, 0.717) is 30.0 Å². The van der Waals surface area contributed by atoms with Crippen molar-refractivity contribution in [1.29, 1.82) is 0 Å². The van der Waals surface area contributed by atoms with E-state index in [1.54, 1.807) is 19.1 Å². The molecule has 1 atom stereocenters. The highest BCUT2D eigenvalue weighted by atomic mass is 19.4. The van der Waals surface area contributed by atoms with Gasteiger partial charge in [-0.2, -0.15) is 0 Å². The molecule has 1 amide bonds. The van der Waals surface area contributed by atoms with Crippen molar-refractivity contribution in [2.75, 3.05) is 20.8 Å². The van der Waals surface area contributed by atoms with Crippen molar-refractivity contribution in [2.24, 2.45) is 0 Å². The van der Waals surface area contributed by atoms with Crippen LogP contribution in [-0.4, -0.2) is 37.9 Å². The summed E-state index contributed by atoms with van der Waals surface area (Å²) < 4.78 is 51.4. The Morgan fingerprint density at radius 1 is 1.07 bits per heavy atom. The lowest BCUT2D eigenvalue weighted by molar-refractivity contribution is -0.274. The second-order valence-corrected chi connectivity index (χ2v) is 6.40. The Balaban J connectivity index is 1.82. The lowest BCUT2D eigenvalue weighted by Crippen LogP contribution is -2.38. The molecule has 1 aliphatic rings. The van der Waals surface area contributed by atoms with Gasteiger partial charge in [-0.1, -0.05) is 0 Å². The quantitative estimate of drug-likeness (QED) is 0.772. The van der Waals surface area contributed by atoms with E-state index in [-0.39, 0.29) is 17.7 Å². The molecule has 0 aromatic heterocycles. The van der Waals surface area contributed by atoms with E-state index < -0.39 is 6.36 Å². The first kappa shape index (κ1) is 19.9. The van der Waals surface area contributed by atoms with Crippen LogP contribution in [0.4, 0.5) is 13.2 Å². The molecule has 5 nitrogen and oxygen atoms in total. The minimum atomic E-state index is -4.77. The molecular weight excluding hydrogens is 375 g/mol. The third kappa shape index (κ3) is 4.00. The standard InChI is InChI=1S/C20H20F3NO4/c1-12-16-11-18(27-3)17(26-2)10-14(16)8-9-24(12)19(25)13-4-6-15(7-5-13)28-20(21,22)23/h4-7,10-12H,8-9H2,1-3H3. The molecular formula is C20H20F3NO4. The molecule has 2 aromatic rings. The number of ether oxygens (including phenoxy) is 3. The van der Waals surface area contributed by atoms with Crippen molar-refractivity contribution >= 4 is 5.91 Å². The fraction of sp³-hybridized carbons (Fsp3) is 0.350. The fourth-order valence-corrected chi connectivity index (χ4v) is 3.39. The van der Waals surface area contributed by atoms with Gasteiger partial charge in [-0.15, -0.1) is 13.2 Å². The van der Waals surface area contributed by atoms with Gasteiger partial charge in [-0.05, 0) is 60.9 Å². The van der Waals surface area contributed by atoms with E-state index in [9.17, 15) is 18.0 Å². The summed E-state index contributed by atoms with van der Waals surface area (Å²) in [7, 11) is 3.11. The van der Waals surface area contributed by atoms with E-state index in [1.807, 2.05) is 19.1 Å². The molecule has 0 N–H and O–H groups in total. The van der Waals surface area contributed by atoms with Gasteiger partial charge in [-0.25, -0.2) is 0 Å². The van der Waals surface area contributed by atoms with Crippen LogP contribution in [0.2, 0.25) is 0 Å². The number of methoxy groups -OCH3 is 2. The van der Waals surface area contributed by atoms with Gasteiger partial charge in [0.25, 0.3) is 5.91 Å². The van der Waals surface area contributed by atoms with Crippen molar-refractivity contribution in [1.82, 2.24) is 4.90 Å². The number of nitrogens with zero attached hydrogens (tertiary/aromatic N) is 1. The van der Waals surface area contributed by atoms with E-state index >= 15 is 0 Å². The van der Waals surface area contributed by atoms with Gasteiger partial charge >= 0.3 is 6.36 Å². The van der Waals surface area contributed by atoms with Crippen LogP contribution >= 0.6 is 0 Å². The van der Waals surface area contributed by atoms with Crippen LogP contribution in [0.15, 0.2) is 36.4 Å². The Hall–Kier alpha value is -2.90. The topological polar surface area (TPSA) is 48.0 Å².